The average molecular weight is 247 g/mol. The van der Waals surface area contributed by atoms with E-state index in [0.29, 0.717) is 13.1 Å². The van der Waals surface area contributed by atoms with E-state index in [2.05, 4.69) is 10.3 Å². The van der Waals surface area contributed by atoms with Crippen molar-refractivity contribution in [2.45, 2.75) is 12.7 Å². The number of nitrogens with zero attached hydrogens (tertiary/aromatic N) is 2. The molecule has 0 bridgehead atoms. The van der Waals surface area contributed by atoms with Gasteiger partial charge in [0.15, 0.2) is 0 Å². The van der Waals surface area contributed by atoms with Gasteiger partial charge in [-0.2, -0.15) is 13.2 Å². The Morgan fingerprint density at radius 3 is 2.47 bits per heavy atom. The van der Waals surface area contributed by atoms with E-state index in [1.54, 1.807) is 31.6 Å². The number of halogens is 3. The number of alkyl halides is 3. The van der Waals surface area contributed by atoms with Gasteiger partial charge in [-0.25, -0.2) is 0 Å². The van der Waals surface area contributed by atoms with Gasteiger partial charge in [0, 0.05) is 32.0 Å². The zero-order chi connectivity index (χ0) is 12.7. The van der Waals surface area contributed by atoms with Crippen LogP contribution in [0.15, 0.2) is 24.5 Å². The third-order valence-electron chi connectivity index (χ3n) is 2.24. The molecule has 0 aliphatic carbocycles. The maximum absolute atomic E-state index is 12.4. The molecule has 0 amide bonds. The molecule has 1 aromatic rings. The van der Waals surface area contributed by atoms with Gasteiger partial charge in [0.2, 0.25) is 0 Å². The first-order valence-corrected chi connectivity index (χ1v) is 5.34. The lowest BCUT2D eigenvalue weighted by Crippen LogP contribution is -2.37. The predicted octanol–water partition coefficient (Wildman–Crippen LogP) is 1.67. The fourth-order valence-corrected chi connectivity index (χ4v) is 1.48. The van der Waals surface area contributed by atoms with E-state index >= 15 is 0 Å². The van der Waals surface area contributed by atoms with Crippen LogP contribution in [0.3, 0.4) is 0 Å². The van der Waals surface area contributed by atoms with E-state index in [1.807, 2.05) is 0 Å². The van der Waals surface area contributed by atoms with Crippen LogP contribution in [0.5, 0.6) is 0 Å². The lowest BCUT2D eigenvalue weighted by Gasteiger charge is -2.23. The molecule has 1 heterocycles. The average Bonchev–Trinajstić information content (AvgIpc) is 2.25. The molecule has 96 valence electrons. The molecule has 1 aromatic heterocycles. The van der Waals surface area contributed by atoms with Crippen LogP contribution in [0.4, 0.5) is 13.2 Å². The normalized spacial score (nSPS) is 12.1. The molecule has 0 unspecified atom stereocenters. The van der Waals surface area contributed by atoms with Crippen molar-refractivity contribution in [2.75, 3.05) is 26.7 Å². The van der Waals surface area contributed by atoms with E-state index in [9.17, 15) is 13.2 Å². The molecule has 6 heteroatoms. The predicted molar refractivity (Wildman–Crippen MR) is 59.5 cm³/mol. The Kier molecular flexibility index (Phi) is 5.37. The summed E-state index contributed by atoms with van der Waals surface area (Å²) in [6, 6.07) is 3.45. The third-order valence-corrected chi connectivity index (χ3v) is 2.24. The van der Waals surface area contributed by atoms with Crippen LogP contribution in [-0.2, 0) is 6.54 Å². The van der Waals surface area contributed by atoms with E-state index in [4.69, 9.17) is 0 Å². The Morgan fingerprint density at radius 2 is 1.94 bits per heavy atom. The van der Waals surface area contributed by atoms with Gasteiger partial charge in [-0.15, -0.1) is 0 Å². The van der Waals surface area contributed by atoms with Crippen molar-refractivity contribution in [1.82, 2.24) is 15.2 Å². The molecule has 0 spiro atoms. The quantitative estimate of drug-likeness (QED) is 0.828. The monoisotopic (exact) mass is 247 g/mol. The summed E-state index contributed by atoms with van der Waals surface area (Å²) in [5, 5.41) is 2.85. The van der Waals surface area contributed by atoms with Crippen LogP contribution in [0, 0.1) is 0 Å². The van der Waals surface area contributed by atoms with E-state index in [-0.39, 0.29) is 6.54 Å². The molecular formula is C11H16F3N3. The van der Waals surface area contributed by atoms with Gasteiger partial charge in [-0.1, -0.05) is 0 Å². The fourth-order valence-electron chi connectivity index (χ4n) is 1.48. The highest BCUT2D eigenvalue weighted by Gasteiger charge is 2.30. The lowest BCUT2D eigenvalue weighted by molar-refractivity contribution is -0.146. The molecule has 0 saturated carbocycles. The molecule has 0 atom stereocenters. The number of rotatable bonds is 6. The number of hydrogen-bond acceptors (Lipinski definition) is 3. The number of pyridine rings is 1. The second-order valence-electron chi connectivity index (χ2n) is 3.78. The summed E-state index contributed by atoms with van der Waals surface area (Å²) >= 11 is 0. The number of likely N-dealkylation sites (N-methyl/N-ethyl adjacent to an activating group) is 1. The standard InChI is InChI=1S/C11H16F3N3/c1-15-6-7-17(9-11(12,13)14)8-10-2-4-16-5-3-10/h2-5,15H,6-9H2,1H3. The van der Waals surface area contributed by atoms with E-state index in [0.717, 1.165) is 5.56 Å². The molecule has 1 rings (SSSR count). The number of nitrogens with one attached hydrogen (secondary N) is 1. The van der Waals surface area contributed by atoms with Crippen molar-refractivity contribution in [2.24, 2.45) is 0 Å². The zero-order valence-electron chi connectivity index (χ0n) is 9.67. The van der Waals surface area contributed by atoms with E-state index < -0.39 is 12.7 Å². The van der Waals surface area contributed by atoms with Gasteiger partial charge in [0.1, 0.15) is 0 Å². The summed E-state index contributed by atoms with van der Waals surface area (Å²) < 4.78 is 37.1. The van der Waals surface area contributed by atoms with Crippen LogP contribution < -0.4 is 5.32 Å². The molecule has 0 radical (unpaired) electrons. The maximum atomic E-state index is 12.4. The van der Waals surface area contributed by atoms with Crippen molar-refractivity contribution in [3.8, 4) is 0 Å². The summed E-state index contributed by atoms with van der Waals surface area (Å²) in [6.07, 6.45) is -1.00. The highest BCUT2D eigenvalue weighted by molar-refractivity contribution is 5.09. The van der Waals surface area contributed by atoms with Crippen molar-refractivity contribution in [3.63, 3.8) is 0 Å². The van der Waals surface area contributed by atoms with Crippen LogP contribution in [0.25, 0.3) is 0 Å². The maximum Gasteiger partial charge on any atom is 0.401 e. The van der Waals surface area contributed by atoms with Gasteiger partial charge in [0.05, 0.1) is 6.54 Å². The molecule has 0 aliphatic rings. The van der Waals surface area contributed by atoms with Crippen LogP contribution in [0.1, 0.15) is 5.56 Å². The summed E-state index contributed by atoms with van der Waals surface area (Å²) in [5.41, 5.74) is 0.834. The summed E-state index contributed by atoms with van der Waals surface area (Å²) in [5.74, 6) is 0. The summed E-state index contributed by atoms with van der Waals surface area (Å²) in [7, 11) is 1.72. The number of hydrogen-bond donors (Lipinski definition) is 1. The van der Waals surface area contributed by atoms with Crippen molar-refractivity contribution < 1.29 is 13.2 Å². The van der Waals surface area contributed by atoms with Crippen LogP contribution >= 0.6 is 0 Å². The Bertz CT molecular complexity index is 313. The molecule has 0 saturated heterocycles. The minimum absolute atomic E-state index is 0.281. The smallest absolute Gasteiger partial charge is 0.318 e. The molecule has 1 N–H and O–H groups in total. The molecule has 3 nitrogen and oxygen atoms in total. The van der Waals surface area contributed by atoms with Crippen molar-refractivity contribution in [3.05, 3.63) is 30.1 Å². The minimum Gasteiger partial charge on any atom is -0.318 e. The minimum atomic E-state index is -4.17. The van der Waals surface area contributed by atoms with Crippen LogP contribution in [0.2, 0.25) is 0 Å². The first-order chi connectivity index (χ1) is 8.01. The topological polar surface area (TPSA) is 28.2 Å². The summed E-state index contributed by atoms with van der Waals surface area (Å²) in [4.78, 5) is 5.20. The molecule has 0 aromatic carbocycles. The first kappa shape index (κ1) is 13.9. The highest BCUT2D eigenvalue weighted by Crippen LogP contribution is 2.17. The molecule has 0 aliphatic heterocycles. The van der Waals surface area contributed by atoms with Gasteiger partial charge in [-0.05, 0) is 24.7 Å². The van der Waals surface area contributed by atoms with Crippen molar-refractivity contribution >= 4 is 0 Å². The summed E-state index contributed by atoms with van der Waals surface area (Å²) in [6.45, 7) is 0.278. The number of aromatic nitrogens is 1. The molecule has 0 fully saturated rings. The highest BCUT2D eigenvalue weighted by atomic mass is 19.4. The largest absolute Gasteiger partial charge is 0.401 e. The second kappa shape index (κ2) is 6.56. The second-order valence-corrected chi connectivity index (χ2v) is 3.78. The Labute approximate surface area is 98.6 Å². The lowest BCUT2D eigenvalue weighted by atomic mass is 10.2. The van der Waals surface area contributed by atoms with Gasteiger partial charge in [-0.3, -0.25) is 9.88 Å². The Morgan fingerprint density at radius 1 is 1.29 bits per heavy atom. The SMILES string of the molecule is CNCCN(Cc1ccncc1)CC(F)(F)F. The van der Waals surface area contributed by atoms with Crippen LogP contribution in [-0.4, -0.2) is 42.7 Å². The van der Waals surface area contributed by atoms with E-state index in [1.165, 1.54) is 4.90 Å². The van der Waals surface area contributed by atoms with Gasteiger partial charge < -0.3 is 5.32 Å². The molecule has 17 heavy (non-hydrogen) atoms. The van der Waals surface area contributed by atoms with Gasteiger partial charge >= 0.3 is 6.18 Å². The third kappa shape index (κ3) is 6.23. The fraction of sp³-hybridized carbons (Fsp3) is 0.545. The van der Waals surface area contributed by atoms with Gasteiger partial charge in [0.25, 0.3) is 0 Å². The Hall–Kier alpha value is -1.14. The molecular weight excluding hydrogens is 231 g/mol. The first-order valence-electron chi connectivity index (χ1n) is 5.34. The Balaban J connectivity index is 2.57. The zero-order valence-corrected chi connectivity index (χ0v) is 9.67. The van der Waals surface area contributed by atoms with Crippen molar-refractivity contribution in [1.29, 1.82) is 0 Å².